The predicted molar refractivity (Wildman–Crippen MR) is 45.7 cm³/mol. The summed E-state index contributed by atoms with van der Waals surface area (Å²) in [7, 11) is -4.52. The van der Waals surface area contributed by atoms with Crippen LogP contribution in [0.2, 0.25) is 0 Å². The van der Waals surface area contributed by atoms with Gasteiger partial charge in [-0.05, 0) is 5.92 Å². The Labute approximate surface area is 76.5 Å². The normalized spacial score (nSPS) is 15.3. The lowest BCUT2D eigenvalue weighted by molar-refractivity contribution is 0.230. The number of sulfonamides is 1. The van der Waals surface area contributed by atoms with Gasteiger partial charge in [-0.1, -0.05) is 13.8 Å². The second kappa shape index (κ2) is 4.83. The number of hydrogen-bond donors (Lipinski definition) is 2. The van der Waals surface area contributed by atoms with Crippen LogP contribution < -0.4 is 10.5 Å². The van der Waals surface area contributed by atoms with Crippen LogP contribution in [0.1, 0.15) is 13.8 Å². The van der Waals surface area contributed by atoms with Crippen molar-refractivity contribution in [2.75, 3.05) is 6.54 Å². The molecule has 0 spiro atoms. The van der Waals surface area contributed by atoms with Crippen molar-refractivity contribution >= 4 is 10.0 Å². The molecule has 0 rings (SSSR count). The van der Waals surface area contributed by atoms with Crippen molar-refractivity contribution < 1.29 is 17.2 Å². The second-order valence-electron chi connectivity index (χ2n) is 3.01. The predicted octanol–water partition coefficient (Wildman–Crippen LogP) is 0.112. The van der Waals surface area contributed by atoms with Gasteiger partial charge in [-0.2, -0.15) is 8.78 Å². The fourth-order valence-corrected chi connectivity index (χ4v) is 1.61. The molecule has 0 aliphatic rings. The Morgan fingerprint density at radius 1 is 1.38 bits per heavy atom. The number of nitrogens with one attached hydrogen (secondary N) is 1. The van der Waals surface area contributed by atoms with Crippen LogP contribution in [0, 0.1) is 5.92 Å². The third kappa shape index (κ3) is 3.97. The minimum absolute atomic E-state index is 0.00359. The number of alkyl halides is 2. The maximum absolute atomic E-state index is 11.9. The van der Waals surface area contributed by atoms with Crippen LogP contribution in [0.15, 0.2) is 0 Å². The molecule has 3 N–H and O–H groups in total. The first kappa shape index (κ1) is 12.7. The van der Waals surface area contributed by atoms with Crippen molar-refractivity contribution in [3.63, 3.8) is 0 Å². The van der Waals surface area contributed by atoms with Gasteiger partial charge in [0.1, 0.15) is 0 Å². The summed E-state index contributed by atoms with van der Waals surface area (Å²) in [5.74, 6) is -3.51. The van der Waals surface area contributed by atoms with E-state index >= 15 is 0 Å². The lowest BCUT2D eigenvalue weighted by Gasteiger charge is -2.19. The monoisotopic (exact) mass is 216 g/mol. The van der Waals surface area contributed by atoms with E-state index in [0.29, 0.717) is 0 Å². The van der Waals surface area contributed by atoms with E-state index in [9.17, 15) is 17.2 Å². The molecular weight excluding hydrogens is 202 g/mol. The highest BCUT2D eigenvalue weighted by Crippen LogP contribution is 2.07. The zero-order chi connectivity index (χ0) is 10.6. The summed E-state index contributed by atoms with van der Waals surface area (Å²) in [6.07, 6.45) is 0. The summed E-state index contributed by atoms with van der Waals surface area (Å²) >= 11 is 0. The molecule has 80 valence electrons. The van der Waals surface area contributed by atoms with Gasteiger partial charge >= 0.3 is 5.76 Å². The van der Waals surface area contributed by atoms with Crippen LogP contribution in [0.25, 0.3) is 0 Å². The number of halogens is 2. The number of rotatable bonds is 5. The van der Waals surface area contributed by atoms with Gasteiger partial charge in [-0.25, -0.2) is 13.1 Å². The van der Waals surface area contributed by atoms with E-state index in [1.54, 1.807) is 13.8 Å². The number of hydrogen-bond acceptors (Lipinski definition) is 3. The Bertz CT molecular complexity index is 241. The average molecular weight is 216 g/mol. The highest BCUT2D eigenvalue weighted by molar-refractivity contribution is 7.89. The van der Waals surface area contributed by atoms with E-state index in [1.165, 1.54) is 0 Å². The maximum atomic E-state index is 11.9. The standard InChI is InChI=1S/C6H14F2N2O2S/c1-4(2)5(3-9)10-13(11,12)6(7)8/h4-6,10H,3,9H2,1-2H3. The van der Waals surface area contributed by atoms with Gasteiger partial charge < -0.3 is 5.73 Å². The van der Waals surface area contributed by atoms with E-state index in [-0.39, 0.29) is 12.5 Å². The van der Waals surface area contributed by atoms with Crippen molar-refractivity contribution in [3.05, 3.63) is 0 Å². The van der Waals surface area contributed by atoms with Crippen LogP contribution in [-0.2, 0) is 10.0 Å². The van der Waals surface area contributed by atoms with Crippen molar-refractivity contribution in [3.8, 4) is 0 Å². The first-order chi connectivity index (χ1) is 5.81. The van der Waals surface area contributed by atoms with Crippen LogP contribution in [-0.4, -0.2) is 26.8 Å². The summed E-state index contributed by atoms with van der Waals surface area (Å²) in [5, 5.41) is 0. The van der Waals surface area contributed by atoms with Gasteiger partial charge in [0.15, 0.2) is 0 Å². The fraction of sp³-hybridized carbons (Fsp3) is 1.00. The molecule has 0 radical (unpaired) electrons. The van der Waals surface area contributed by atoms with Crippen molar-refractivity contribution in [2.24, 2.45) is 11.7 Å². The molecule has 0 aliphatic carbocycles. The molecule has 7 heteroatoms. The van der Waals surface area contributed by atoms with Crippen molar-refractivity contribution in [1.82, 2.24) is 4.72 Å². The minimum atomic E-state index is -4.52. The Morgan fingerprint density at radius 3 is 2.08 bits per heavy atom. The van der Waals surface area contributed by atoms with E-state index in [4.69, 9.17) is 5.73 Å². The van der Waals surface area contributed by atoms with Crippen LogP contribution in [0.4, 0.5) is 8.78 Å². The van der Waals surface area contributed by atoms with Crippen LogP contribution in [0.3, 0.4) is 0 Å². The third-order valence-electron chi connectivity index (χ3n) is 1.61. The van der Waals surface area contributed by atoms with E-state index in [2.05, 4.69) is 0 Å². The van der Waals surface area contributed by atoms with Gasteiger partial charge in [-0.3, -0.25) is 0 Å². The lowest BCUT2D eigenvalue weighted by atomic mass is 10.1. The van der Waals surface area contributed by atoms with Crippen molar-refractivity contribution in [1.29, 1.82) is 0 Å². The molecule has 0 heterocycles. The molecule has 1 unspecified atom stereocenters. The molecule has 0 amide bonds. The van der Waals surface area contributed by atoms with Gasteiger partial charge in [0.25, 0.3) is 10.0 Å². The minimum Gasteiger partial charge on any atom is -0.329 e. The second-order valence-corrected chi connectivity index (χ2v) is 4.69. The number of nitrogens with two attached hydrogens (primary N) is 1. The Balaban J connectivity index is 4.41. The molecule has 4 nitrogen and oxygen atoms in total. The Kier molecular flexibility index (Phi) is 4.72. The highest BCUT2D eigenvalue weighted by atomic mass is 32.2. The average Bonchev–Trinajstić information content (AvgIpc) is 1.99. The summed E-state index contributed by atoms with van der Waals surface area (Å²) < 4.78 is 47.0. The molecule has 0 aromatic carbocycles. The fourth-order valence-electron chi connectivity index (χ4n) is 0.719. The quantitative estimate of drug-likeness (QED) is 0.685. The van der Waals surface area contributed by atoms with E-state index in [0.717, 1.165) is 0 Å². The topological polar surface area (TPSA) is 72.2 Å². The van der Waals surface area contributed by atoms with Crippen LogP contribution >= 0.6 is 0 Å². The SMILES string of the molecule is CC(C)C(CN)NS(=O)(=O)C(F)F. The third-order valence-corrected chi connectivity index (χ3v) is 2.71. The van der Waals surface area contributed by atoms with Crippen molar-refractivity contribution in [2.45, 2.75) is 25.6 Å². The molecule has 0 saturated heterocycles. The lowest BCUT2D eigenvalue weighted by Crippen LogP contribution is -2.45. The molecule has 0 aromatic rings. The summed E-state index contributed by atoms with van der Waals surface area (Å²) in [5.41, 5.74) is 5.21. The summed E-state index contributed by atoms with van der Waals surface area (Å²) in [6, 6.07) is -0.640. The molecule has 0 fully saturated rings. The van der Waals surface area contributed by atoms with E-state index < -0.39 is 21.8 Å². The van der Waals surface area contributed by atoms with Gasteiger partial charge in [0.2, 0.25) is 0 Å². The van der Waals surface area contributed by atoms with Crippen LogP contribution in [0.5, 0.6) is 0 Å². The summed E-state index contributed by atoms with van der Waals surface area (Å²) in [6.45, 7) is 3.40. The molecule has 0 aliphatic heterocycles. The summed E-state index contributed by atoms with van der Waals surface area (Å²) in [4.78, 5) is 0. The largest absolute Gasteiger partial charge is 0.350 e. The molecule has 0 aromatic heterocycles. The van der Waals surface area contributed by atoms with Gasteiger partial charge in [-0.15, -0.1) is 0 Å². The van der Waals surface area contributed by atoms with E-state index in [1.807, 2.05) is 4.72 Å². The molecule has 13 heavy (non-hydrogen) atoms. The molecule has 0 saturated carbocycles. The molecule has 1 atom stereocenters. The maximum Gasteiger partial charge on any atom is 0.350 e. The first-order valence-electron chi connectivity index (χ1n) is 3.80. The smallest absolute Gasteiger partial charge is 0.329 e. The van der Waals surface area contributed by atoms with Gasteiger partial charge in [0, 0.05) is 12.6 Å². The Morgan fingerprint density at radius 2 is 1.85 bits per heavy atom. The molecular formula is C6H14F2N2O2S. The Hall–Kier alpha value is -0.270. The highest BCUT2D eigenvalue weighted by Gasteiger charge is 2.27. The van der Waals surface area contributed by atoms with Gasteiger partial charge in [0.05, 0.1) is 0 Å². The molecule has 0 bridgehead atoms. The zero-order valence-corrected chi connectivity index (χ0v) is 8.31. The first-order valence-corrected chi connectivity index (χ1v) is 5.35. The zero-order valence-electron chi connectivity index (χ0n) is 7.50.